The monoisotopic (exact) mass is 199 g/mol. The molecular weight excluding hydrogens is 188 g/mol. The fourth-order valence-electron chi connectivity index (χ4n) is 1.68. The molecule has 4 heteroatoms. The van der Waals surface area contributed by atoms with Crippen LogP contribution in [0.5, 0.6) is 0 Å². The van der Waals surface area contributed by atoms with Gasteiger partial charge in [0.1, 0.15) is 17.2 Å². The predicted molar refractivity (Wildman–Crippen MR) is 47.9 cm³/mol. The number of aliphatic hydroxyl groups is 1. The van der Waals surface area contributed by atoms with Crippen molar-refractivity contribution in [3.63, 3.8) is 0 Å². The van der Waals surface area contributed by atoms with E-state index in [0.29, 0.717) is 5.56 Å². The van der Waals surface area contributed by atoms with Gasteiger partial charge in [-0.05, 0) is 24.6 Å². The first-order valence-corrected chi connectivity index (χ1v) is 4.42. The third-order valence-corrected chi connectivity index (χ3v) is 2.49. The summed E-state index contributed by atoms with van der Waals surface area (Å²) in [6.45, 7) is 2.01. The van der Waals surface area contributed by atoms with Crippen LogP contribution in [-0.4, -0.2) is 18.2 Å². The van der Waals surface area contributed by atoms with Gasteiger partial charge in [-0.3, -0.25) is 0 Å². The summed E-state index contributed by atoms with van der Waals surface area (Å²) in [5, 5.41) is 12.6. The minimum Gasteiger partial charge on any atom is -0.382 e. The summed E-state index contributed by atoms with van der Waals surface area (Å²) in [5.41, 5.74) is -1.08. The summed E-state index contributed by atoms with van der Waals surface area (Å²) in [4.78, 5) is 0. The van der Waals surface area contributed by atoms with E-state index in [2.05, 4.69) is 5.32 Å². The van der Waals surface area contributed by atoms with Crippen molar-refractivity contribution in [2.75, 3.05) is 13.1 Å². The number of hydrogen-bond donors (Lipinski definition) is 2. The molecule has 0 unspecified atom stereocenters. The van der Waals surface area contributed by atoms with E-state index in [9.17, 15) is 13.9 Å². The maximum absolute atomic E-state index is 13.4. The van der Waals surface area contributed by atoms with Crippen LogP contribution in [0.15, 0.2) is 12.1 Å². The van der Waals surface area contributed by atoms with E-state index < -0.39 is 17.2 Å². The molecule has 1 aromatic carbocycles. The highest BCUT2D eigenvalue weighted by Gasteiger charge is 2.40. The van der Waals surface area contributed by atoms with Crippen molar-refractivity contribution < 1.29 is 13.9 Å². The van der Waals surface area contributed by atoms with Gasteiger partial charge in [0.15, 0.2) is 0 Å². The number of hydrogen-bond acceptors (Lipinski definition) is 2. The van der Waals surface area contributed by atoms with Gasteiger partial charge in [-0.2, -0.15) is 0 Å². The number of rotatable bonds is 1. The lowest BCUT2D eigenvalue weighted by Crippen LogP contribution is -2.57. The average molecular weight is 199 g/mol. The second-order valence-corrected chi connectivity index (χ2v) is 3.74. The van der Waals surface area contributed by atoms with Crippen LogP contribution in [0, 0.1) is 18.6 Å². The fourth-order valence-corrected chi connectivity index (χ4v) is 1.68. The quantitative estimate of drug-likeness (QED) is 0.709. The Morgan fingerprint density at radius 2 is 1.79 bits per heavy atom. The number of β-amino-alcohol motifs (C(OH)–C–C–N with tert-alkyl or cyclic N) is 1. The summed E-state index contributed by atoms with van der Waals surface area (Å²) in [5.74, 6) is -1.35. The zero-order valence-corrected chi connectivity index (χ0v) is 7.77. The molecule has 0 saturated carbocycles. The molecule has 0 aromatic heterocycles. The van der Waals surface area contributed by atoms with Crippen molar-refractivity contribution in [2.24, 2.45) is 0 Å². The minimum absolute atomic E-state index is 0.198. The standard InChI is InChI=1S/C10H11F2NO/c1-6-2-7(11)9(8(12)3-6)10(14)4-13-5-10/h2-3,13-14H,4-5H2,1H3. The molecule has 0 atom stereocenters. The van der Waals surface area contributed by atoms with Gasteiger partial charge < -0.3 is 10.4 Å². The minimum atomic E-state index is -1.37. The molecule has 1 aromatic rings. The number of aryl methyl sites for hydroxylation is 1. The molecule has 0 spiro atoms. The molecule has 14 heavy (non-hydrogen) atoms. The Hall–Kier alpha value is -1.00. The fraction of sp³-hybridized carbons (Fsp3) is 0.400. The molecule has 1 saturated heterocycles. The maximum Gasteiger partial charge on any atom is 0.132 e. The van der Waals surface area contributed by atoms with Crippen molar-refractivity contribution in [3.05, 3.63) is 34.9 Å². The Morgan fingerprint density at radius 3 is 2.14 bits per heavy atom. The molecule has 1 aliphatic rings. The molecule has 0 bridgehead atoms. The second kappa shape index (κ2) is 3.00. The van der Waals surface area contributed by atoms with E-state index in [1.807, 2.05) is 0 Å². The Bertz CT molecular complexity index is 351. The van der Waals surface area contributed by atoms with Crippen LogP contribution in [0.4, 0.5) is 8.78 Å². The van der Waals surface area contributed by atoms with Gasteiger partial charge in [0, 0.05) is 13.1 Å². The maximum atomic E-state index is 13.4. The van der Waals surface area contributed by atoms with Gasteiger partial charge in [0.05, 0.1) is 5.56 Å². The van der Waals surface area contributed by atoms with E-state index in [-0.39, 0.29) is 18.7 Å². The van der Waals surface area contributed by atoms with Crippen LogP contribution in [0.25, 0.3) is 0 Å². The zero-order valence-electron chi connectivity index (χ0n) is 7.77. The topological polar surface area (TPSA) is 32.3 Å². The lowest BCUT2D eigenvalue weighted by atomic mass is 9.87. The van der Waals surface area contributed by atoms with E-state index in [1.165, 1.54) is 12.1 Å². The zero-order chi connectivity index (χ0) is 10.3. The SMILES string of the molecule is Cc1cc(F)c(C2(O)CNC2)c(F)c1. The van der Waals surface area contributed by atoms with Gasteiger partial charge >= 0.3 is 0 Å². The molecule has 0 radical (unpaired) electrons. The summed E-state index contributed by atoms with van der Waals surface area (Å²) in [6, 6.07) is 2.46. The van der Waals surface area contributed by atoms with Gasteiger partial charge in [-0.1, -0.05) is 0 Å². The van der Waals surface area contributed by atoms with E-state index in [4.69, 9.17) is 0 Å². The van der Waals surface area contributed by atoms with Crippen LogP contribution in [0.3, 0.4) is 0 Å². The van der Waals surface area contributed by atoms with Gasteiger partial charge in [0.25, 0.3) is 0 Å². The molecule has 1 fully saturated rings. The molecule has 1 heterocycles. The van der Waals surface area contributed by atoms with Gasteiger partial charge in [-0.15, -0.1) is 0 Å². The summed E-state index contributed by atoms with van der Waals surface area (Å²) >= 11 is 0. The van der Waals surface area contributed by atoms with Crippen LogP contribution in [-0.2, 0) is 5.60 Å². The van der Waals surface area contributed by atoms with E-state index in [0.717, 1.165) is 0 Å². The molecule has 2 rings (SSSR count). The lowest BCUT2D eigenvalue weighted by Gasteiger charge is -2.38. The molecule has 2 nitrogen and oxygen atoms in total. The molecule has 1 aliphatic heterocycles. The second-order valence-electron chi connectivity index (χ2n) is 3.74. The first-order chi connectivity index (χ1) is 6.53. The molecule has 76 valence electrons. The van der Waals surface area contributed by atoms with Crippen LogP contribution < -0.4 is 5.32 Å². The average Bonchev–Trinajstić information content (AvgIpc) is 1.99. The highest BCUT2D eigenvalue weighted by molar-refractivity contribution is 5.32. The molecule has 0 amide bonds. The van der Waals surface area contributed by atoms with Crippen molar-refractivity contribution in [1.29, 1.82) is 0 Å². The Balaban J connectivity index is 2.52. The number of benzene rings is 1. The van der Waals surface area contributed by atoms with E-state index in [1.54, 1.807) is 6.92 Å². The Labute approximate surface area is 80.6 Å². The normalized spacial score (nSPS) is 19.1. The summed E-state index contributed by atoms with van der Waals surface area (Å²) < 4.78 is 26.8. The molecule has 0 aliphatic carbocycles. The van der Waals surface area contributed by atoms with Crippen molar-refractivity contribution in [1.82, 2.24) is 5.32 Å². The van der Waals surface area contributed by atoms with Crippen molar-refractivity contribution in [2.45, 2.75) is 12.5 Å². The Morgan fingerprint density at radius 1 is 1.29 bits per heavy atom. The molecule has 2 N–H and O–H groups in total. The number of halogens is 2. The van der Waals surface area contributed by atoms with Crippen molar-refractivity contribution >= 4 is 0 Å². The predicted octanol–water partition coefficient (Wildman–Crippen LogP) is 1.06. The first-order valence-electron chi connectivity index (χ1n) is 4.42. The summed E-state index contributed by atoms with van der Waals surface area (Å²) in [6.07, 6.45) is 0. The number of nitrogens with one attached hydrogen (secondary N) is 1. The highest BCUT2D eigenvalue weighted by atomic mass is 19.1. The summed E-state index contributed by atoms with van der Waals surface area (Å²) in [7, 11) is 0. The lowest BCUT2D eigenvalue weighted by molar-refractivity contribution is -0.0208. The smallest absolute Gasteiger partial charge is 0.132 e. The van der Waals surface area contributed by atoms with Gasteiger partial charge in [0.2, 0.25) is 0 Å². The van der Waals surface area contributed by atoms with Gasteiger partial charge in [-0.25, -0.2) is 8.78 Å². The Kier molecular flexibility index (Phi) is 2.05. The molecular formula is C10H11F2NO. The van der Waals surface area contributed by atoms with Crippen molar-refractivity contribution in [3.8, 4) is 0 Å². The highest BCUT2D eigenvalue weighted by Crippen LogP contribution is 2.30. The largest absolute Gasteiger partial charge is 0.382 e. The van der Waals surface area contributed by atoms with E-state index >= 15 is 0 Å². The van der Waals surface area contributed by atoms with Crippen LogP contribution in [0.2, 0.25) is 0 Å². The third-order valence-electron chi connectivity index (χ3n) is 2.49. The van der Waals surface area contributed by atoms with Crippen LogP contribution >= 0.6 is 0 Å². The van der Waals surface area contributed by atoms with Crippen LogP contribution in [0.1, 0.15) is 11.1 Å². The first kappa shape index (κ1) is 9.55. The third kappa shape index (κ3) is 1.31.